The summed E-state index contributed by atoms with van der Waals surface area (Å²) in [5.41, 5.74) is 0.743. The summed E-state index contributed by atoms with van der Waals surface area (Å²) in [5.74, 6) is -1.26. The van der Waals surface area contributed by atoms with Crippen LogP contribution in [0.4, 0.5) is 17.6 Å². The fourth-order valence-electron chi connectivity index (χ4n) is 2.05. The number of halogens is 4. The molecule has 0 saturated carbocycles. The first kappa shape index (κ1) is 15.5. The lowest BCUT2D eigenvalue weighted by Gasteiger charge is -2.13. The van der Waals surface area contributed by atoms with Gasteiger partial charge < -0.3 is 5.32 Å². The van der Waals surface area contributed by atoms with Crippen LogP contribution in [-0.2, 0) is 6.18 Å². The minimum atomic E-state index is -4.69. The fourth-order valence-corrected chi connectivity index (χ4v) is 2.05. The molecule has 1 nitrogen and oxygen atoms in total. The van der Waals surface area contributed by atoms with Gasteiger partial charge in [0, 0.05) is 6.04 Å². The third kappa shape index (κ3) is 3.42. The Morgan fingerprint density at radius 2 is 1.52 bits per heavy atom. The largest absolute Gasteiger partial charge is 0.419 e. The maximum absolute atomic E-state index is 13.3. The van der Waals surface area contributed by atoms with Crippen LogP contribution >= 0.6 is 0 Å². The number of nitrogens with one attached hydrogen (secondary N) is 1. The number of rotatable bonds is 3. The Morgan fingerprint density at radius 1 is 0.952 bits per heavy atom. The second-order valence-electron chi connectivity index (χ2n) is 4.82. The van der Waals surface area contributed by atoms with Crippen LogP contribution in [0, 0.1) is 5.82 Å². The van der Waals surface area contributed by atoms with E-state index in [0.29, 0.717) is 11.1 Å². The van der Waals surface area contributed by atoms with E-state index in [0.717, 1.165) is 17.7 Å². The van der Waals surface area contributed by atoms with Crippen LogP contribution in [0.2, 0.25) is 0 Å². The van der Waals surface area contributed by atoms with Gasteiger partial charge in [0.1, 0.15) is 5.82 Å². The second-order valence-corrected chi connectivity index (χ2v) is 4.82. The van der Waals surface area contributed by atoms with E-state index in [4.69, 9.17) is 0 Å². The molecule has 0 aliphatic rings. The monoisotopic (exact) mass is 297 g/mol. The molecule has 0 aliphatic carbocycles. The summed E-state index contributed by atoms with van der Waals surface area (Å²) >= 11 is 0. The standard InChI is InChI=1S/C16H15F4N/c1-10(21-2)11-3-5-12(6-4-11)13-7-8-15(17)14(9-13)16(18,19)20/h3-10,21H,1-2H3. The van der Waals surface area contributed by atoms with Crippen LogP contribution < -0.4 is 5.32 Å². The molecule has 0 heterocycles. The minimum Gasteiger partial charge on any atom is -0.313 e. The first-order chi connectivity index (χ1) is 9.82. The lowest BCUT2D eigenvalue weighted by Crippen LogP contribution is -2.11. The summed E-state index contributed by atoms with van der Waals surface area (Å²) in [7, 11) is 1.83. The molecule has 0 radical (unpaired) electrons. The van der Waals surface area contributed by atoms with Crippen LogP contribution in [0.3, 0.4) is 0 Å². The summed E-state index contributed by atoms with van der Waals surface area (Å²) in [5, 5.41) is 3.08. The zero-order valence-electron chi connectivity index (χ0n) is 11.6. The molecular formula is C16H15F4N. The van der Waals surface area contributed by atoms with Crippen molar-refractivity contribution in [3.05, 3.63) is 59.4 Å². The van der Waals surface area contributed by atoms with Gasteiger partial charge in [-0.2, -0.15) is 13.2 Å². The molecule has 5 heteroatoms. The Morgan fingerprint density at radius 3 is 2.05 bits per heavy atom. The van der Waals surface area contributed by atoms with Crippen molar-refractivity contribution in [2.75, 3.05) is 7.05 Å². The van der Waals surface area contributed by atoms with Crippen LogP contribution in [0.15, 0.2) is 42.5 Å². The van der Waals surface area contributed by atoms with Crippen LogP contribution in [0.1, 0.15) is 24.1 Å². The first-order valence-electron chi connectivity index (χ1n) is 6.47. The van der Waals surface area contributed by atoms with Gasteiger partial charge in [-0.1, -0.05) is 30.3 Å². The van der Waals surface area contributed by atoms with E-state index in [1.54, 1.807) is 12.1 Å². The summed E-state index contributed by atoms with van der Waals surface area (Å²) in [4.78, 5) is 0. The highest BCUT2D eigenvalue weighted by atomic mass is 19.4. The molecule has 2 aromatic carbocycles. The number of benzene rings is 2. The Bertz CT molecular complexity index is 617. The maximum atomic E-state index is 13.3. The van der Waals surface area contributed by atoms with Crippen LogP contribution in [0.25, 0.3) is 11.1 Å². The van der Waals surface area contributed by atoms with Gasteiger partial charge in [-0.05, 0) is 42.8 Å². The summed E-state index contributed by atoms with van der Waals surface area (Å²) in [6, 6.07) is 10.3. The first-order valence-corrected chi connectivity index (χ1v) is 6.47. The van der Waals surface area contributed by atoms with Gasteiger partial charge in [0.05, 0.1) is 5.56 Å². The molecule has 0 aromatic heterocycles. The van der Waals surface area contributed by atoms with E-state index in [1.807, 2.05) is 26.1 Å². The summed E-state index contributed by atoms with van der Waals surface area (Å²) in [6.07, 6.45) is -4.69. The maximum Gasteiger partial charge on any atom is 0.419 e. The Hall–Kier alpha value is -1.88. The molecular weight excluding hydrogens is 282 g/mol. The minimum absolute atomic E-state index is 0.151. The topological polar surface area (TPSA) is 12.0 Å². The van der Waals surface area contributed by atoms with Crippen molar-refractivity contribution in [1.29, 1.82) is 0 Å². The molecule has 1 atom stereocenters. The van der Waals surface area contributed by atoms with Gasteiger partial charge in [0.2, 0.25) is 0 Å². The molecule has 0 saturated heterocycles. The quantitative estimate of drug-likeness (QED) is 0.803. The van der Waals surface area contributed by atoms with Crippen molar-refractivity contribution in [1.82, 2.24) is 5.32 Å². The van der Waals surface area contributed by atoms with Gasteiger partial charge in [0.15, 0.2) is 0 Å². The van der Waals surface area contributed by atoms with Crippen molar-refractivity contribution in [2.24, 2.45) is 0 Å². The highest BCUT2D eigenvalue weighted by Crippen LogP contribution is 2.34. The summed E-state index contributed by atoms with van der Waals surface area (Å²) < 4.78 is 51.4. The molecule has 0 aliphatic heterocycles. The van der Waals surface area contributed by atoms with E-state index in [-0.39, 0.29) is 6.04 Å². The van der Waals surface area contributed by atoms with Gasteiger partial charge in [0.25, 0.3) is 0 Å². The molecule has 0 bridgehead atoms. The van der Waals surface area contributed by atoms with Gasteiger partial charge >= 0.3 is 6.18 Å². The average Bonchev–Trinajstić information content (AvgIpc) is 2.46. The molecule has 0 spiro atoms. The molecule has 1 N–H and O–H groups in total. The predicted octanol–water partition coefficient (Wildman–Crippen LogP) is 4.79. The zero-order valence-corrected chi connectivity index (χ0v) is 11.6. The number of hydrogen-bond acceptors (Lipinski definition) is 1. The molecule has 2 aromatic rings. The highest BCUT2D eigenvalue weighted by Gasteiger charge is 2.34. The van der Waals surface area contributed by atoms with Gasteiger partial charge in [-0.15, -0.1) is 0 Å². The molecule has 1 unspecified atom stereocenters. The van der Waals surface area contributed by atoms with Gasteiger partial charge in [-0.25, -0.2) is 4.39 Å². The second kappa shape index (κ2) is 5.85. The van der Waals surface area contributed by atoms with E-state index in [2.05, 4.69) is 5.32 Å². The smallest absolute Gasteiger partial charge is 0.313 e. The van der Waals surface area contributed by atoms with Crippen molar-refractivity contribution in [3.8, 4) is 11.1 Å². The van der Waals surface area contributed by atoms with Crippen LogP contribution in [-0.4, -0.2) is 7.05 Å². The van der Waals surface area contributed by atoms with Crippen molar-refractivity contribution < 1.29 is 17.6 Å². The van der Waals surface area contributed by atoms with Crippen molar-refractivity contribution in [3.63, 3.8) is 0 Å². The van der Waals surface area contributed by atoms with Crippen molar-refractivity contribution >= 4 is 0 Å². The third-order valence-corrected chi connectivity index (χ3v) is 3.45. The molecule has 0 amide bonds. The Labute approximate surface area is 120 Å². The van der Waals surface area contributed by atoms with E-state index >= 15 is 0 Å². The molecule has 0 fully saturated rings. The van der Waals surface area contributed by atoms with E-state index in [1.165, 1.54) is 6.07 Å². The van der Waals surface area contributed by atoms with Gasteiger partial charge in [-0.3, -0.25) is 0 Å². The van der Waals surface area contributed by atoms with E-state index in [9.17, 15) is 17.6 Å². The molecule has 21 heavy (non-hydrogen) atoms. The Kier molecular flexibility index (Phi) is 4.32. The van der Waals surface area contributed by atoms with Crippen LogP contribution in [0.5, 0.6) is 0 Å². The molecule has 2 rings (SSSR count). The lowest BCUT2D eigenvalue weighted by molar-refractivity contribution is -0.139. The third-order valence-electron chi connectivity index (χ3n) is 3.45. The number of alkyl halides is 3. The Balaban J connectivity index is 2.39. The average molecular weight is 297 g/mol. The highest BCUT2D eigenvalue weighted by molar-refractivity contribution is 5.64. The molecule has 112 valence electrons. The lowest BCUT2D eigenvalue weighted by atomic mass is 9.99. The SMILES string of the molecule is CNC(C)c1ccc(-c2ccc(F)c(C(F)(F)F)c2)cc1. The zero-order chi connectivity index (χ0) is 15.6. The number of hydrogen-bond donors (Lipinski definition) is 1. The summed E-state index contributed by atoms with van der Waals surface area (Å²) in [6.45, 7) is 1.98. The fraction of sp³-hybridized carbons (Fsp3) is 0.250. The van der Waals surface area contributed by atoms with E-state index < -0.39 is 17.6 Å². The normalized spacial score (nSPS) is 13.2. The van der Waals surface area contributed by atoms with Crippen molar-refractivity contribution in [2.45, 2.75) is 19.1 Å². The predicted molar refractivity (Wildman–Crippen MR) is 74.3 cm³/mol.